The first-order valence-corrected chi connectivity index (χ1v) is 4.55. The van der Waals surface area contributed by atoms with Crippen molar-refractivity contribution in [1.82, 2.24) is 9.55 Å². The van der Waals surface area contributed by atoms with E-state index in [1.165, 1.54) is 0 Å². The Hall–Kier alpha value is -1.73. The maximum absolute atomic E-state index is 13.6. The Labute approximate surface area is 88.6 Å². The van der Waals surface area contributed by atoms with E-state index in [9.17, 15) is 14.0 Å². The lowest BCUT2D eigenvalue weighted by molar-refractivity contribution is 0.0497. The van der Waals surface area contributed by atoms with Gasteiger partial charge in [-0.2, -0.15) is 0 Å². The van der Waals surface area contributed by atoms with E-state index in [0.29, 0.717) is 0 Å². The second kappa shape index (κ2) is 4.03. The first kappa shape index (κ1) is 10.8. The molecule has 1 aromatic heterocycles. The number of aromatic amines is 1. The molecule has 0 bridgehead atoms. The summed E-state index contributed by atoms with van der Waals surface area (Å²) in [6.07, 6.45) is -0.0577. The maximum Gasteiger partial charge on any atom is 0.330 e. The van der Waals surface area contributed by atoms with Crippen LogP contribution in [0.15, 0.2) is 33.3 Å². The van der Waals surface area contributed by atoms with Crippen molar-refractivity contribution >= 4 is 0 Å². The van der Waals surface area contributed by atoms with Crippen LogP contribution >= 0.6 is 0 Å². The zero-order valence-corrected chi connectivity index (χ0v) is 8.14. The fourth-order valence-electron chi connectivity index (χ4n) is 1.43. The second-order valence-electron chi connectivity index (χ2n) is 3.29. The predicted molar refractivity (Wildman–Crippen MR) is 51.5 cm³/mol. The third-order valence-corrected chi connectivity index (χ3v) is 2.26. The largest absolute Gasteiger partial charge is 0.392 e. The molecular formula is C9H9FN2O4. The third-order valence-electron chi connectivity index (χ3n) is 2.26. The fourth-order valence-corrected chi connectivity index (χ4v) is 1.43. The Morgan fingerprint density at radius 3 is 2.94 bits per heavy atom. The molecule has 0 amide bonds. The highest BCUT2D eigenvalue weighted by Gasteiger charge is 2.28. The van der Waals surface area contributed by atoms with Crippen LogP contribution < -0.4 is 11.2 Å². The molecule has 2 rings (SSSR count). The number of rotatable bonds is 2. The van der Waals surface area contributed by atoms with Gasteiger partial charge in [-0.1, -0.05) is 0 Å². The molecule has 2 N–H and O–H groups in total. The standard InChI is InChI=1S/C9H9FN2O4/c10-7-5(3-13)4-16-8(7)12-2-1-6(14)11-9(12)15/h1-2,8,13H,3-4H2,(H,11,14,15)/t8-/m1/s1. The Balaban J connectivity index is 2.44. The van der Waals surface area contributed by atoms with Crippen LogP contribution in [-0.2, 0) is 4.74 Å². The minimum atomic E-state index is -1.20. The average Bonchev–Trinajstić information content (AvgIpc) is 2.60. The van der Waals surface area contributed by atoms with Crippen molar-refractivity contribution in [3.63, 3.8) is 0 Å². The minimum absolute atomic E-state index is 0.0709. The van der Waals surface area contributed by atoms with Gasteiger partial charge in [0.1, 0.15) is 0 Å². The number of hydrogen-bond donors (Lipinski definition) is 2. The normalized spacial score (nSPS) is 20.5. The van der Waals surface area contributed by atoms with Gasteiger partial charge in [-0.25, -0.2) is 9.18 Å². The summed E-state index contributed by atoms with van der Waals surface area (Å²) >= 11 is 0. The van der Waals surface area contributed by atoms with Gasteiger partial charge in [-0.05, 0) is 0 Å². The van der Waals surface area contributed by atoms with E-state index < -0.39 is 29.9 Å². The molecule has 0 saturated carbocycles. The van der Waals surface area contributed by atoms with Gasteiger partial charge in [0.25, 0.3) is 5.56 Å². The molecule has 1 aromatic rings. The molecule has 0 spiro atoms. The zero-order valence-electron chi connectivity index (χ0n) is 8.14. The predicted octanol–water partition coefficient (Wildman–Crippen LogP) is -0.719. The molecule has 86 valence electrons. The van der Waals surface area contributed by atoms with Crippen LogP contribution in [-0.4, -0.2) is 27.9 Å². The molecule has 0 saturated heterocycles. The van der Waals surface area contributed by atoms with Crippen LogP contribution in [0.25, 0.3) is 0 Å². The van der Waals surface area contributed by atoms with Gasteiger partial charge in [-0.15, -0.1) is 0 Å². The molecule has 0 fully saturated rings. The zero-order chi connectivity index (χ0) is 11.7. The van der Waals surface area contributed by atoms with Crippen LogP contribution in [0.5, 0.6) is 0 Å². The van der Waals surface area contributed by atoms with E-state index in [1.807, 2.05) is 4.98 Å². The van der Waals surface area contributed by atoms with Crippen molar-refractivity contribution in [2.24, 2.45) is 0 Å². The Kier molecular flexibility index (Phi) is 2.71. The molecule has 6 nitrogen and oxygen atoms in total. The Bertz CT molecular complexity index is 545. The number of hydrogen-bond acceptors (Lipinski definition) is 4. The van der Waals surface area contributed by atoms with E-state index in [-0.39, 0.29) is 12.2 Å². The van der Waals surface area contributed by atoms with Crippen molar-refractivity contribution < 1.29 is 14.2 Å². The molecule has 0 aromatic carbocycles. The molecule has 1 aliphatic heterocycles. The van der Waals surface area contributed by atoms with E-state index in [1.54, 1.807) is 0 Å². The van der Waals surface area contributed by atoms with Crippen LogP contribution in [0, 0.1) is 0 Å². The van der Waals surface area contributed by atoms with Crippen molar-refractivity contribution in [1.29, 1.82) is 0 Å². The number of ether oxygens (including phenoxy) is 1. The highest BCUT2D eigenvalue weighted by Crippen LogP contribution is 2.29. The van der Waals surface area contributed by atoms with E-state index >= 15 is 0 Å². The number of aliphatic hydroxyl groups is 1. The van der Waals surface area contributed by atoms with Gasteiger partial charge in [0, 0.05) is 17.8 Å². The molecule has 1 atom stereocenters. The average molecular weight is 228 g/mol. The highest BCUT2D eigenvalue weighted by atomic mass is 19.1. The summed E-state index contributed by atoms with van der Waals surface area (Å²) in [6, 6.07) is 1.09. The molecule has 0 unspecified atom stereocenters. The number of aromatic nitrogens is 2. The number of H-pyrrole nitrogens is 1. The summed E-state index contributed by atoms with van der Waals surface area (Å²) in [5.74, 6) is -0.698. The summed E-state index contributed by atoms with van der Waals surface area (Å²) in [5.41, 5.74) is -1.22. The molecule has 1 aliphatic rings. The third kappa shape index (κ3) is 1.70. The summed E-state index contributed by atoms with van der Waals surface area (Å²) in [6.45, 7) is -0.529. The smallest absolute Gasteiger partial charge is 0.330 e. The summed E-state index contributed by atoms with van der Waals surface area (Å²) in [5, 5.41) is 8.79. The number of aliphatic hydroxyl groups excluding tert-OH is 1. The van der Waals surface area contributed by atoms with Crippen molar-refractivity contribution in [3.05, 3.63) is 44.5 Å². The van der Waals surface area contributed by atoms with Crippen LogP contribution in [0.1, 0.15) is 6.23 Å². The van der Waals surface area contributed by atoms with E-state index in [0.717, 1.165) is 16.8 Å². The summed E-state index contributed by atoms with van der Waals surface area (Å²) in [7, 11) is 0. The fraction of sp³-hybridized carbons (Fsp3) is 0.333. The van der Waals surface area contributed by atoms with E-state index in [2.05, 4.69) is 0 Å². The second-order valence-corrected chi connectivity index (χ2v) is 3.29. The van der Waals surface area contributed by atoms with Gasteiger partial charge < -0.3 is 9.84 Å². The molecule has 2 heterocycles. The molecule has 16 heavy (non-hydrogen) atoms. The highest BCUT2D eigenvalue weighted by molar-refractivity contribution is 5.16. The molecule has 0 radical (unpaired) electrons. The number of halogens is 1. The first-order chi connectivity index (χ1) is 7.63. The Morgan fingerprint density at radius 1 is 1.62 bits per heavy atom. The van der Waals surface area contributed by atoms with Crippen LogP contribution in [0.2, 0.25) is 0 Å². The quantitative estimate of drug-likeness (QED) is 0.699. The monoisotopic (exact) mass is 228 g/mol. The molecule has 7 heteroatoms. The lowest BCUT2D eigenvalue weighted by Crippen LogP contribution is -2.31. The topological polar surface area (TPSA) is 84.3 Å². The lowest BCUT2D eigenvalue weighted by atomic mass is 10.3. The van der Waals surface area contributed by atoms with Crippen LogP contribution in [0.4, 0.5) is 4.39 Å². The van der Waals surface area contributed by atoms with Crippen molar-refractivity contribution in [2.45, 2.75) is 6.23 Å². The van der Waals surface area contributed by atoms with E-state index in [4.69, 9.17) is 9.84 Å². The number of nitrogens with zero attached hydrogens (tertiary/aromatic N) is 1. The van der Waals surface area contributed by atoms with Gasteiger partial charge in [-0.3, -0.25) is 14.3 Å². The number of nitrogens with one attached hydrogen (secondary N) is 1. The van der Waals surface area contributed by atoms with Gasteiger partial charge in [0.05, 0.1) is 13.2 Å². The van der Waals surface area contributed by atoms with Gasteiger partial charge in [0.2, 0.25) is 0 Å². The SMILES string of the molecule is O=c1ccn([C@@H]2OCC(CO)=C2F)c(=O)[nH]1. The maximum atomic E-state index is 13.6. The molecular weight excluding hydrogens is 219 g/mol. The Morgan fingerprint density at radius 2 is 2.38 bits per heavy atom. The summed E-state index contributed by atoms with van der Waals surface area (Å²) in [4.78, 5) is 24.1. The van der Waals surface area contributed by atoms with Gasteiger partial charge >= 0.3 is 5.69 Å². The summed E-state index contributed by atoms with van der Waals surface area (Å²) < 4.78 is 19.5. The van der Waals surface area contributed by atoms with Crippen molar-refractivity contribution in [3.8, 4) is 0 Å². The van der Waals surface area contributed by atoms with Gasteiger partial charge in [0.15, 0.2) is 12.1 Å². The first-order valence-electron chi connectivity index (χ1n) is 4.55. The molecule has 0 aliphatic carbocycles. The van der Waals surface area contributed by atoms with Crippen LogP contribution in [0.3, 0.4) is 0 Å². The lowest BCUT2D eigenvalue weighted by Gasteiger charge is -2.11. The van der Waals surface area contributed by atoms with Crippen molar-refractivity contribution in [2.75, 3.05) is 13.2 Å². The minimum Gasteiger partial charge on any atom is -0.392 e.